The molecule has 0 spiro atoms. The zero-order valence-corrected chi connectivity index (χ0v) is 13.6. The van der Waals surface area contributed by atoms with Gasteiger partial charge in [-0.1, -0.05) is 31.5 Å². The standard InChI is InChI=1S/C18H22FN3O/c1-3-4-11-22(2)17-12-14(9-10-20-17)18(23)21-13-15-7-5-6-8-16(15)19/h5-10,12H,3-4,11,13H2,1-2H3,(H,21,23). The van der Waals surface area contributed by atoms with E-state index in [4.69, 9.17) is 0 Å². The number of aromatic nitrogens is 1. The van der Waals surface area contributed by atoms with Gasteiger partial charge in [-0.05, 0) is 24.6 Å². The molecule has 0 fully saturated rings. The zero-order chi connectivity index (χ0) is 16.7. The van der Waals surface area contributed by atoms with Crippen LogP contribution in [-0.2, 0) is 6.54 Å². The minimum Gasteiger partial charge on any atom is -0.360 e. The molecular formula is C18H22FN3O. The molecule has 1 heterocycles. The van der Waals surface area contributed by atoms with Gasteiger partial charge in [-0.15, -0.1) is 0 Å². The summed E-state index contributed by atoms with van der Waals surface area (Å²) < 4.78 is 13.6. The topological polar surface area (TPSA) is 45.2 Å². The van der Waals surface area contributed by atoms with Crippen LogP contribution in [0.25, 0.3) is 0 Å². The van der Waals surface area contributed by atoms with E-state index in [0.717, 1.165) is 25.2 Å². The van der Waals surface area contributed by atoms with E-state index in [-0.39, 0.29) is 18.3 Å². The van der Waals surface area contributed by atoms with Gasteiger partial charge in [0.25, 0.3) is 5.91 Å². The van der Waals surface area contributed by atoms with Crippen LogP contribution in [0.2, 0.25) is 0 Å². The predicted molar refractivity (Wildman–Crippen MR) is 90.0 cm³/mol. The highest BCUT2D eigenvalue weighted by Crippen LogP contribution is 2.12. The summed E-state index contributed by atoms with van der Waals surface area (Å²) in [5.41, 5.74) is 0.991. The number of amides is 1. The smallest absolute Gasteiger partial charge is 0.251 e. The van der Waals surface area contributed by atoms with Gasteiger partial charge in [0.05, 0.1) is 0 Å². The summed E-state index contributed by atoms with van der Waals surface area (Å²) in [4.78, 5) is 18.6. The Morgan fingerprint density at radius 2 is 2.09 bits per heavy atom. The Hall–Kier alpha value is -2.43. The van der Waals surface area contributed by atoms with Gasteiger partial charge < -0.3 is 10.2 Å². The first-order chi connectivity index (χ1) is 11.1. The fourth-order valence-corrected chi connectivity index (χ4v) is 2.20. The van der Waals surface area contributed by atoms with E-state index in [1.54, 1.807) is 36.5 Å². The van der Waals surface area contributed by atoms with Gasteiger partial charge in [-0.25, -0.2) is 9.37 Å². The molecule has 0 aliphatic carbocycles. The largest absolute Gasteiger partial charge is 0.360 e. The molecule has 1 aromatic carbocycles. The lowest BCUT2D eigenvalue weighted by molar-refractivity contribution is 0.0950. The maximum absolute atomic E-state index is 13.6. The minimum atomic E-state index is -0.317. The Bertz CT molecular complexity index is 660. The molecule has 2 aromatic rings. The molecule has 1 amide bonds. The maximum atomic E-state index is 13.6. The van der Waals surface area contributed by atoms with Crippen LogP contribution in [0.15, 0.2) is 42.6 Å². The van der Waals surface area contributed by atoms with Gasteiger partial charge >= 0.3 is 0 Å². The van der Waals surface area contributed by atoms with Gasteiger partial charge in [-0.3, -0.25) is 4.79 Å². The number of carbonyl (C=O) groups is 1. The number of rotatable bonds is 7. The monoisotopic (exact) mass is 315 g/mol. The van der Waals surface area contributed by atoms with Crippen LogP contribution in [-0.4, -0.2) is 24.5 Å². The minimum absolute atomic E-state index is 0.162. The first-order valence-electron chi connectivity index (χ1n) is 7.80. The van der Waals surface area contributed by atoms with Crippen molar-refractivity contribution >= 4 is 11.7 Å². The molecule has 0 aliphatic heterocycles. The fraction of sp³-hybridized carbons (Fsp3) is 0.333. The summed E-state index contributed by atoms with van der Waals surface area (Å²) in [5.74, 6) is 0.209. The van der Waals surface area contributed by atoms with Crippen molar-refractivity contribution in [2.75, 3.05) is 18.5 Å². The first kappa shape index (κ1) is 16.9. The van der Waals surface area contributed by atoms with Gasteiger partial charge in [-0.2, -0.15) is 0 Å². The van der Waals surface area contributed by atoms with Crippen LogP contribution in [0, 0.1) is 5.82 Å². The lowest BCUT2D eigenvalue weighted by Gasteiger charge is -2.18. The van der Waals surface area contributed by atoms with Crippen molar-refractivity contribution in [2.24, 2.45) is 0 Å². The molecule has 2 rings (SSSR count). The summed E-state index contributed by atoms with van der Waals surface area (Å²) in [6, 6.07) is 9.83. The van der Waals surface area contributed by atoms with E-state index < -0.39 is 0 Å². The van der Waals surface area contributed by atoms with Crippen molar-refractivity contribution in [1.29, 1.82) is 0 Å². The summed E-state index contributed by atoms with van der Waals surface area (Å²) in [6.45, 7) is 3.19. The van der Waals surface area contributed by atoms with Crippen molar-refractivity contribution in [3.05, 3.63) is 59.5 Å². The summed E-state index contributed by atoms with van der Waals surface area (Å²) in [7, 11) is 1.96. The molecular weight excluding hydrogens is 293 g/mol. The Kier molecular flexibility index (Phi) is 6.09. The predicted octanol–water partition coefficient (Wildman–Crippen LogP) is 3.39. The third kappa shape index (κ3) is 4.77. The van der Waals surface area contributed by atoms with Crippen LogP contribution >= 0.6 is 0 Å². The molecule has 0 bridgehead atoms. The second-order valence-electron chi connectivity index (χ2n) is 5.45. The van der Waals surface area contributed by atoms with Gasteiger partial charge in [0.2, 0.25) is 0 Å². The molecule has 23 heavy (non-hydrogen) atoms. The number of nitrogens with one attached hydrogen (secondary N) is 1. The average Bonchev–Trinajstić information content (AvgIpc) is 2.58. The highest BCUT2D eigenvalue weighted by atomic mass is 19.1. The van der Waals surface area contributed by atoms with Gasteiger partial charge in [0.15, 0.2) is 0 Å². The zero-order valence-electron chi connectivity index (χ0n) is 13.6. The fourth-order valence-electron chi connectivity index (χ4n) is 2.20. The van der Waals surface area contributed by atoms with E-state index in [0.29, 0.717) is 11.1 Å². The summed E-state index contributed by atoms with van der Waals surface area (Å²) >= 11 is 0. The third-order valence-electron chi connectivity index (χ3n) is 3.64. The average molecular weight is 315 g/mol. The maximum Gasteiger partial charge on any atom is 0.251 e. The Balaban J connectivity index is 2.01. The molecule has 1 aromatic heterocycles. The third-order valence-corrected chi connectivity index (χ3v) is 3.64. The molecule has 0 saturated carbocycles. The number of hydrogen-bond acceptors (Lipinski definition) is 3. The van der Waals surface area contributed by atoms with Crippen LogP contribution in [0.1, 0.15) is 35.7 Å². The van der Waals surface area contributed by atoms with E-state index >= 15 is 0 Å². The quantitative estimate of drug-likeness (QED) is 0.852. The number of anilines is 1. The Labute approximate surface area is 136 Å². The molecule has 122 valence electrons. The van der Waals surface area contributed by atoms with E-state index in [2.05, 4.69) is 17.2 Å². The summed E-state index contributed by atoms with van der Waals surface area (Å²) in [6.07, 6.45) is 3.80. The van der Waals surface area contributed by atoms with Crippen LogP contribution in [0.3, 0.4) is 0 Å². The SMILES string of the molecule is CCCCN(C)c1cc(C(=O)NCc2ccccc2F)ccn1. The molecule has 0 radical (unpaired) electrons. The highest BCUT2D eigenvalue weighted by molar-refractivity contribution is 5.94. The van der Waals surface area contributed by atoms with Crippen molar-refractivity contribution < 1.29 is 9.18 Å². The molecule has 0 saturated heterocycles. The lowest BCUT2D eigenvalue weighted by Crippen LogP contribution is -2.24. The number of halogens is 1. The number of carbonyl (C=O) groups excluding carboxylic acids is 1. The van der Waals surface area contributed by atoms with Crippen molar-refractivity contribution in [2.45, 2.75) is 26.3 Å². The molecule has 4 nitrogen and oxygen atoms in total. The second-order valence-corrected chi connectivity index (χ2v) is 5.45. The van der Waals surface area contributed by atoms with Crippen molar-refractivity contribution in [1.82, 2.24) is 10.3 Å². The normalized spacial score (nSPS) is 10.4. The molecule has 1 N–H and O–H groups in total. The second kappa shape index (κ2) is 8.27. The van der Waals surface area contributed by atoms with Crippen LogP contribution in [0.5, 0.6) is 0 Å². The number of nitrogens with zero attached hydrogens (tertiary/aromatic N) is 2. The first-order valence-corrected chi connectivity index (χ1v) is 7.80. The summed E-state index contributed by atoms with van der Waals surface area (Å²) in [5, 5.41) is 2.74. The number of benzene rings is 1. The van der Waals surface area contributed by atoms with E-state index in [1.165, 1.54) is 6.07 Å². The van der Waals surface area contributed by atoms with Gasteiger partial charge in [0.1, 0.15) is 11.6 Å². The van der Waals surface area contributed by atoms with E-state index in [9.17, 15) is 9.18 Å². The number of unbranched alkanes of at least 4 members (excludes halogenated alkanes) is 1. The number of pyridine rings is 1. The van der Waals surface area contributed by atoms with E-state index in [1.807, 2.05) is 11.9 Å². The molecule has 5 heteroatoms. The van der Waals surface area contributed by atoms with Crippen molar-refractivity contribution in [3.63, 3.8) is 0 Å². The molecule has 0 atom stereocenters. The Morgan fingerprint density at radius 1 is 1.30 bits per heavy atom. The van der Waals surface area contributed by atoms with Gasteiger partial charge in [0, 0.05) is 37.5 Å². The Morgan fingerprint density at radius 3 is 2.83 bits per heavy atom. The highest BCUT2D eigenvalue weighted by Gasteiger charge is 2.10. The van der Waals surface area contributed by atoms with Crippen LogP contribution in [0.4, 0.5) is 10.2 Å². The molecule has 0 aliphatic rings. The van der Waals surface area contributed by atoms with Crippen molar-refractivity contribution in [3.8, 4) is 0 Å². The van der Waals surface area contributed by atoms with Crippen LogP contribution < -0.4 is 10.2 Å². The molecule has 0 unspecified atom stereocenters. The lowest BCUT2D eigenvalue weighted by atomic mass is 10.2. The number of hydrogen-bond donors (Lipinski definition) is 1.